The van der Waals surface area contributed by atoms with Crippen LogP contribution in [0.1, 0.15) is 40.9 Å². The largest absolute Gasteiger partial charge is 0.497 e. The van der Waals surface area contributed by atoms with Crippen molar-refractivity contribution in [2.45, 2.75) is 48.6 Å². The molecule has 0 N–H and O–H groups in total. The van der Waals surface area contributed by atoms with Crippen LogP contribution in [-0.4, -0.2) is 113 Å². The van der Waals surface area contributed by atoms with Gasteiger partial charge in [-0.2, -0.15) is 0 Å². The molecule has 92 heavy (non-hydrogen) atoms. The molecular weight excluding hydrogens is 1210 g/mol. The van der Waals surface area contributed by atoms with Gasteiger partial charge in [-0.05, 0) is 128 Å². The molecule has 0 saturated carbocycles. The number of aromatic nitrogens is 12. The second-order valence-electron chi connectivity index (χ2n) is 20.3. The van der Waals surface area contributed by atoms with Crippen LogP contribution in [0.5, 0.6) is 11.5 Å². The Labute approximate surface area is 545 Å². The number of hydrogen-bond donors (Lipinski definition) is 0. The number of thioether (sulfide) groups is 3. The Morgan fingerprint density at radius 1 is 0.380 bits per heavy atom. The normalized spacial score (nSPS) is 10.7. The Morgan fingerprint density at radius 3 is 0.978 bits per heavy atom. The first-order chi connectivity index (χ1) is 45.1. The van der Waals surface area contributed by atoms with E-state index in [0.717, 1.165) is 67.8 Å². The minimum absolute atomic E-state index is 0.0127. The van der Waals surface area contributed by atoms with Crippen LogP contribution in [0.15, 0.2) is 253 Å². The van der Waals surface area contributed by atoms with Crippen LogP contribution in [0.4, 0.5) is 0 Å². The molecule has 12 rings (SSSR count). The molecule has 0 bridgehead atoms. The summed E-state index contributed by atoms with van der Waals surface area (Å²) in [7, 11) is 1.62. The summed E-state index contributed by atoms with van der Waals surface area (Å²) in [6.45, 7) is 4.10. The minimum Gasteiger partial charge on any atom is -0.497 e. The van der Waals surface area contributed by atoms with Crippen molar-refractivity contribution in [2.75, 3.05) is 31.0 Å². The van der Waals surface area contributed by atoms with Gasteiger partial charge in [-0.15, -0.1) is 30.6 Å². The molecule has 0 aliphatic carbocycles. The van der Waals surface area contributed by atoms with Gasteiger partial charge >= 0.3 is 0 Å². The molecule has 21 heteroatoms. The van der Waals surface area contributed by atoms with E-state index in [4.69, 9.17) is 9.47 Å². The van der Waals surface area contributed by atoms with E-state index < -0.39 is 0 Å². The fourth-order valence-corrected chi connectivity index (χ4v) is 11.8. The molecule has 6 aromatic heterocycles. The third-order valence-corrected chi connectivity index (χ3v) is 16.8. The predicted molar refractivity (Wildman–Crippen MR) is 359 cm³/mol. The van der Waals surface area contributed by atoms with E-state index in [9.17, 15) is 19.2 Å². The highest BCUT2D eigenvalue weighted by Crippen LogP contribution is 2.31. The molecule has 0 unspecified atom stereocenters. The summed E-state index contributed by atoms with van der Waals surface area (Å²) >= 11 is 4.15. The van der Waals surface area contributed by atoms with E-state index in [0.29, 0.717) is 70.1 Å². The number of benzene rings is 6. The lowest BCUT2D eigenvalue weighted by atomic mass is 10.1. The van der Waals surface area contributed by atoms with Crippen LogP contribution in [0.25, 0.3) is 51.2 Å². The summed E-state index contributed by atoms with van der Waals surface area (Å²) in [6, 6.07) is 63.3. The van der Waals surface area contributed by atoms with Crippen molar-refractivity contribution < 1.29 is 28.7 Å². The summed E-state index contributed by atoms with van der Waals surface area (Å²) in [5.41, 5.74) is 9.00. The number of carbonyl (C=O) groups is 4. The fourth-order valence-electron chi connectivity index (χ4n) is 9.33. The number of para-hydroxylation sites is 3. The van der Waals surface area contributed by atoms with Crippen molar-refractivity contribution in [1.82, 2.24) is 59.2 Å². The van der Waals surface area contributed by atoms with E-state index in [2.05, 4.69) is 45.5 Å². The predicted octanol–water partition coefficient (Wildman–Crippen LogP) is 13.3. The Hall–Kier alpha value is -10.5. The third kappa shape index (κ3) is 17.7. The van der Waals surface area contributed by atoms with Gasteiger partial charge in [0.1, 0.15) is 28.8 Å². The average Bonchev–Trinajstić information content (AvgIpc) is 1.77. The zero-order valence-corrected chi connectivity index (χ0v) is 53.0. The molecule has 460 valence electrons. The highest BCUT2D eigenvalue weighted by Gasteiger charge is 2.21. The first kappa shape index (κ1) is 64.5. The van der Waals surface area contributed by atoms with E-state index >= 15 is 0 Å². The first-order valence-electron chi connectivity index (χ1n) is 29.2. The number of rotatable bonds is 25. The molecule has 12 aromatic rings. The molecule has 6 aromatic carbocycles. The Morgan fingerprint density at radius 2 is 0.685 bits per heavy atom. The lowest BCUT2D eigenvalue weighted by Crippen LogP contribution is -2.07. The lowest BCUT2D eigenvalue weighted by molar-refractivity contribution is -0.116. The molecular formula is C71H62N12O6S3. The van der Waals surface area contributed by atoms with E-state index in [-0.39, 0.29) is 28.9 Å². The number of ether oxygens (including phenoxy) is 2. The average molecular weight is 1280 g/mol. The van der Waals surface area contributed by atoms with Crippen LogP contribution >= 0.6 is 35.3 Å². The minimum atomic E-state index is 0.0127. The van der Waals surface area contributed by atoms with Gasteiger partial charge in [0.15, 0.2) is 38.7 Å². The van der Waals surface area contributed by atoms with E-state index in [1.165, 1.54) is 42.2 Å². The zero-order chi connectivity index (χ0) is 63.9. The molecule has 0 spiro atoms. The fraction of sp³-hybridized carbons (Fsp3) is 0.141. The maximum atomic E-state index is 12.6. The molecule has 0 fully saturated rings. The van der Waals surface area contributed by atoms with Crippen molar-refractivity contribution in [2.24, 2.45) is 0 Å². The molecule has 0 atom stereocenters. The summed E-state index contributed by atoms with van der Waals surface area (Å²) in [4.78, 5) is 61.4. The quantitative estimate of drug-likeness (QED) is 0.0384. The van der Waals surface area contributed by atoms with E-state index in [1.54, 1.807) is 56.4 Å². The standard InChI is InChI=1S/C24H20N4O2S.C24H22N4O2S.C23H20N4O2S/c1-17(29)19-9-7-18(8-10-19)15-22(30)16-31-24-27-26-23(20-11-13-25-14-12-20)28(24)21-5-3-2-4-6-21;1-2-30-22-10-8-18(9-11-22)16-21(29)17-31-24-27-26-23(19-12-14-25-15-13-19)28(24)20-6-4-3-5-7-20;1-29-21-9-7-17(8-10-21)15-20(28)16-30-23-26-25-22(18-11-13-24-14-12-18)27(23)19-5-3-2-4-6-19/h2-14H,15-16H2,1H3;3-15H,2,16-17H2,1H3;2-14H,15-16H2,1H3. The number of nitrogens with zero attached hydrogens (tertiary/aromatic N) is 12. The number of Topliss-reactive ketones (excluding diaryl/α,β-unsaturated/α-hetero) is 4. The Bertz CT molecular complexity index is 4320. The smallest absolute Gasteiger partial charge is 0.196 e. The Kier molecular flexibility index (Phi) is 23.0. The number of ketones is 4. The van der Waals surface area contributed by atoms with Gasteiger partial charge in [0.05, 0.1) is 31.0 Å². The summed E-state index contributed by atoms with van der Waals surface area (Å²) in [6.07, 6.45) is 11.4. The zero-order valence-electron chi connectivity index (χ0n) is 50.5. The van der Waals surface area contributed by atoms with Crippen molar-refractivity contribution in [1.29, 1.82) is 0 Å². The van der Waals surface area contributed by atoms with Gasteiger partial charge in [-0.3, -0.25) is 47.8 Å². The van der Waals surface area contributed by atoms with Crippen LogP contribution < -0.4 is 9.47 Å². The van der Waals surface area contributed by atoms with Gasteiger partial charge in [0, 0.05) is 95.8 Å². The molecule has 0 aliphatic heterocycles. The van der Waals surface area contributed by atoms with E-state index in [1.807, 2.05) is 209 Å². The highest BCUT2D eigenvalue weighted by atomic mass is 32.2. The molecule has 0 amide bonds. The highest BCUT2D eigenvalue weighted by molar-refractivity contribution is 8.00. The molecule has 6 heterocycles. The monoisotopic (exact) mass is 1270 g/mol. The first-order valence-corrected chi connectivity index (χ1v) is 32.2. The topological polar surface area (TPSA) is 218 Å². The molecule has 0 saturated heterocycles. The van der Waals surface area contributed by atoms with Crippen molar-refractivity contribution in [3.8, 4) is 62.7 Å². The number of methoxy groups -OCH3 is 1. The summed E-state index contributed by atoms with van der Waals surface area (Å²) in [5.74, 6) is 4.96. The number of carbonyl (C=O) groups excluding carboxylic acids is 4. The summed E-state index contributed by atoms with van der Waals surface area (Å²) in [5, 5.41) is 28.2. The number of pyridine rings is 3. The van der Waals surface area contributed by atoms with Crippen LogP contribution in [-0.2, 0) is 33.6 Å². The van der Waals surface area contributed by atoms with Crippen LogP contribution in [0.2, 0.25) is 0 Å². The third-order valence-electron chi connectivity index (χ3n) is 13.8. The summed E-state index contributed by atoms with van der Waals surface area (Å²) < 4.78 is 16.5. The lowest BCUT2D eigenvalue weighted by Gasteiger charge is -2.10. The maximum Gasteiger partial charge on any atom is 0.196 e. The SMILES string of the molecule is CC(=O)c1ccc(CC(=O)CSc2nnc(-c3ccncc3)n2-c2ccccc2)cc1.CCOc1ccc(CC(=O)CSc2nnc(-c3ccncc3)n2-c2ccccc2)cc1.COc1ccc(CC(=O)CSc2nnc(-c3ccncc3)n2-c2ccccc2)cc1. The second-order valence-corrected chi connectivity index (χ2v) is 23.2. The van der Waals surface area contributed by atoms with Crippen molar-refractivity contribution in [3.05, 3.63) is 260 Å². The van der Waals surface area contributed by atoms with Gasteiger partial charge in [-0.1, -0.05) is 138 Å². The van der Waals surface area contributed by atoms with Crippen molar-refractivity contribution >= 4 is 58.4 Å². The number of hydrogen-bond acceptors (Lipinski definition) is 18. The Balaban J connectivity index is 0.000000151. The molecule has 0 aliphatic rings. The van der Waals surface area contributed by atoms with Gasteiger partial charge in [0.25, 0.3) is 0 Å². The van der Waals surface area contributed by atoms with Gasteiger partial charge in [-0.25, -0.2) is 0 Å². The second kappa shape index (κ2) is 32.8. The molecule has 18 nitrogen and oxygen atoms in total. The maximum absolute atomic E-state index is 12.6. The van der Waals surface area contributed by atoms with Crippen molar-refractivity contribution in [3.63, 3.8) is 0 Å². The molecule has 0 radical (unpaired) electrons. The van der Waals surface area contributed by atoms with Crippen LogP contribution in [0, 0.1) is 0 Å². The van der Waals surface area contributed by atoms with Gasteiger partial charge in [0.2, 0.25) is 0 Å². The van der Waals surface area contributed by atoms with Crippen LogP contribution in [0.3, 0.4) is 0 Å². The van der Waals surface area contributed by atoms with Gasteiger partial charge < -0.3 is 9.47 Å².